The van der Waals surface area contributed by atoms with E-state index in [-0.39, 0.29) is 17.0 Å². The van der Waals surface area contributed by atoms with Crippen LogP contribution in [0.15, 0.2) is 60.7 Å². The van der Waals surface area contributed by atoms with Crippen LogP contribution in [0.2, 0.25) is 0 Å². The van der Waals surface area contributed by atoms with Crippen molar-refractivity contribution in [3.63, 3.8) is 0 Å². The van der Waals surface area contributed by atoms with Crippen molar-refractivity contribution in [3.8, 4) is 5.69 Å². The van der Waals surface area contributed by atoms with E-state index in [2.05, 4.69) is 5.10 Å². The van der Waals surface area contributed by atoms with E-state index in [4.69, 9.17) is 4.74 Å². The first-order valence-corrected chi connectivity index (χ1v) is 9.19. The van der Waals surface area contributed by atoms with Gasteiger partial charge < -0.3 is 4.74 Å². The minimum atomic E-state index is -0.999. The van der Waals surface area contributed by atoms with Gasteiger partial charge in [-0.25, -0.2) is 13.9 Å². The molecule has 5 nitrogen and oxygen atoms in total. The summed E-state index contributed by atoms with van der Waals surface area (Å²) in [4.78, 5) is 25.3. The highest BCUT2D eigenvalue weighted by atomic mass is 19.1. The van der Waals surface area contributed by atoms with Gasteiger partial charge in [-0.2, -0.15) is 5.10 Å². The summed E-state index contributed by atoms with van der Waals surface area (Å²) < 4.78 is 20.0. The Morgan fingerprint density at radius 1 is 1.11 bits per heavy atom. The summed E-state index contributed by atoms with van der Waals surface area (Å²) in [5, 5.41) is 4.57. The van der Waals surface area contributed by atoms with Gasteiger partial charge in [-0.3, -0.25) is 4.79 Å². The molecule has 1 aliphatic rings. The third-order valence-corrected chi connectivity index (χ3v) is 4.72. The van der Waals surface area contributed by atoms with Gasteiger partial charge in [-0.05, 0) is 62.2 Å². The normalized spacial score (nSPS) is 14.5. The minimum absolute atomic E-state index is 0.284. The standard InChI is InChI=1S/C22H19FN2O3/c1-14(21(26)16-9-11-17(23)12-10-16)28-22(27)20-13-19(15-7-8-15)24-25(20)18-5-3-2-4-6-18/h2-6,9-15H,7-8H2,1H3/t14-/m1/s1. The second-order valence-corrected chi connectivity index (χ2v) is 6.89. The van der Waals surface area contributed by atoms with Crippen LogP contribution >= 0.6 is 0 Å². The Morgan fingerprint density at radius 2 is 1.79 bits per heavy atom. The van der Waals surface area contributed by atoms with Crippen LogP contribution in [-0.4, -0.2) is 27.6 Å². The van der Waals surface area contributed by atoms with Crippen molar-refractivity contribution in [2.24, 2.45) is 0 Å². The highest BCUT2D eigenvalue weighted by Gasteiger charge is 2.30. The van der Waals surface area contributed by atoms with Gasteiger partial charge in [0.05, 0.1) is 11.4 Å². The predicted molar refractivity (Wildman–Crippen MR) is 101 cm³/mol. The van der Waals surface area contributed by atoms with Crippen LogP contribution in [0.3, 0.4) is 0 Å². The van der Waals surface area contributed by atoms with Crippen molar-refractivity contribution < 1.29 is 18.7 Å². The third-order valence-electron chi connectivity index (χ3n) is 4.72. The van der Waals surface area contributed by atoms with Crippen LogP contribution < -0.4 is 0 Å². The number of aromatic nitrogens is 2. The number of halogens is 1. The first kappa shape index (κ1) is 18.1. The first-order chi connectivity index (χ1) is 13.5. The number of ketones is 1. The van der Waals surface area contributed by atoms with Crippen LogP contribution in [0.1, 0.15) is 52.2 Å². The Hall–Kier alpha value is -3.28. The lowest BCUT2D eigenvalue weighted by Gasteiger charge is -2.13. The SMILES string of the molecule is C[C@@H](OC(=O)c1cc(C2CC2)nn1-c1ccccc1)C(=O)c1ccc(F)cc1. The molecule has 0 amide bonds. The van der Waals surface area contributed by atoms with E-state index >= 15 is 0 Å². The first-order valence-electron chi connectivity index (χ1n) is 9.19. The molecule has 0 aliphatic heterocycles. The number of para-hydroxylation sites is 1. The van der Waals surface area contributed by atoms with Crippen LogP contribution in [0.4, 0.5) is 4.39 Å². The lowest BCUT2D eigenvalue weighted by Crippen LogP contribution is -2.25. The highest BCUT2D eigenvalue weighted by Crippen LogP contribution is 2.39. The molecule has 1 heterocycles. The van der Waals surface area contributed by atoms with Gasteiger partial charge in [0.1, 0.15) is 5.82 Å². The van der Waals surface area contributed by atoms with Crippen LogP contribution in [0, 0.1) is 5.82 Å². The molecule has 1 aliphatic carbocycles. The van der Waals surface area contributed by atoms with Gasteiger partial charge in [-0.15, -0.1) is 0 Å². The number of esters is 1. The second kappa shape index (κ2) is 7.38. The number of carbonyl (C=O) groups excluding carboxylic acids is 2. The van der Waals surface area contributed by atoms with E-state index in [0.717, 1.165) is 24.2 Å². The summed E-state index contributed by atoms with van der Waals surface area (Å²) in [6.45, 7) is 1.51. The van der Waals surface area contributed by atoms with Crippen molar-refractivity contribution in [1.29, 1.82) is 0 Å². The summed E-state index contributed by atoms with van der Waals surface area (Å²) in [5.41, 5.74) is 2.18. The van der Waals surface area contributed by atoms with Crippen molar-refractivity contribution in [1.82, 2.24) is 9.78 Å². The van der Waals surface area contributed by atoms with Gasteiger partial charge in [0.25, 0.3) is 0 Å². The molecule has 1 fully saturated rings. The van der Waals surface area contributed by atoms with E-state index in [9.17, 15) is 14.0 Å². The largest absolute Gasteiger partial charge is 0.450 e. The summed E-state index contributed by atoms with van der Waals surface area (Å²) in [5.74, 6) is -1.07. The topological polar surface area (TPSA) is 61.2 Å². The Bertz CT molecular complexity index is 1010. The quantitative estimate of drug-likeness (QED) is 0.473. The molecule has 3 aromatic rings. The molecule has 1 atom stereocenters. The van der Waals surface area contributed by atoms with Gasteiger partial charge in [0.2, 0.25) is 5.78 Å². The number of hydrogen-bond acceptors (Lipinski definition) is 4. The molecule has 0 unspecified atom stereocenters. The molecule has 28 heavy (non-hydrogen) atoms. The number of benzene rings is 2. The lowest BCUT2D eigenvalue weighted by atomic mass is 10.1. The van der Waals surface area contributed by atoms with Crippen molar-refractivity contribution >= 4 is 11.8 Å². The number of nitrogens with zero attached hydrogens (tertiary/aromatic N) is 2. The average Bonchev–Trinajstić information content (AvgIpc) is 3.46. The van der Waals surface area contributed by atoms with Crippen LogP contribution in [0.25, 0.3) is 5.69 Å². The number of Topliss-reactive ketones (excluding diaryl/α,β-unsaturated/α-hetero) is 1. The van der Waals surface area contributed by atoms with Gasteiger partial charge in [-0.1, -0.05) is 18.2 Å². The average molecular weight is 378 g/mol. The fourth-order valence-corrected chi connectivity index (χ4v) is 3.01. The number of rotatable bonds is 6. The summed E-state index contributed by atoms with van der Waals surface area (Å²) in [6.07, 6.45) is 1.11. The molecule has 1 aromatic heterocycles. The fraction of sp³-hybridized carbons (Fsp3) is 0.227. The molecule has 0 bridgehead atoms. The summed E-state index contributed by atoms with van der Waals surface area (Å²) >= 11 is 0. The van der Waals surface area contributed by atoms with E-state index in [1.165, 1.54) is 31.2 Å². The van der Waals surface area contributed by atoms with E-state index in [0.29, 0.717) is 5.92 Å². The van der Waals surface area contributed by atoms with E-state index in [1.807, 2.05) is 30.3 Å². The Kier molecular flexibility index (Phi) is 4.77. The number of carbonyl (C=O) groups is 2. The summed E-state index contributed by atoms with van der Waals surface area (Å²) in [6, 6.07) is 16.2. The molecule has 0 saturated heterocycles. The Morgan fingerprint density at radius 3 is 2.43 bits per heavy atom. The molecular weight excluding hydrogens is 359 g/mol. The molecule has 0 spiro atoms. The zero-order chi connectivity index (χ0) is 19.7. The molecular formula is C22H19FN2O3. The minimum Gasteiger partial charge on any atom is -0.450 e. The lowest BCUT2D eigenvalue weighted by molar-refractivity contribution is 0.0310. The molecule has 142 valence electrons. The van der Waals surface area contributed by atoms with E-state index in [1.54, 1.807) is 10.7 Å². The van der Waals surface area contributed by atoms with Gasteiger partial charge in [0, 0.05) is 11.5 Å². The predicted octanol–water partition coefficient (Wildman–Crippen LogP) is 4.32. The van der Waals surface area contributed by atoms with E-state index < -0.39 is 17.9 Å². The molecule has 1 saturated carbocycles. The maximum absolute atomic E-state index is 13.1. The highest BCUT2D eigenvalue weighted by molar-refractivity contribution is 6.01. The zero-order valence-electron chi connectivity index (χ0n) is 15.3. The van der Waals surface area contributed by atoms with Crippen molar-refractivity contribution in [3.05, 3.63) is 83.4 Å². The Balaban J connectivity index is 1.57. The van der Waals surface area contributed by atoms with Crippen LogP contribution in [-0.2, 0) is 4.74 Å². The smallest absolute Gasteiger partial charge is 0.357 e. The van der Waals surface area contributed by atoms with Gasteiger partial charge in [0.15, 0.2) is 11.8 Å². The molecule has 6 heteroatoms. The zero-order valence-corrected chi connectivity index (χ0v) is 15.3. The third kappa shape index (κ3) is 3.71. The molecule has 4 rings (SSSR count). The monoisotopic (exact) mass is 378 g/mol. The molecule has 2 aromatic carbocycles. The summed E-state index contributed by atoms with van der Waals surface area (Å²) in [7, 11) is 0. The molecule has 0 radical (unpaired) electrons. The number of hydrogen-bond donors (Lipinski definition) is 0. The molecule has 0 N–H and O–H groups in total. The fourth-order valence-electron chi connectivity index (χ4n) is 3.01. The van der Waals surface area contributed by atoms with Gasteiger partial charge >= 0.3 is 5.97 Å². The second-order valence-electron chi connectivity index (χ2n) is 6.89. The van der Waals surface area contributed by atoms with Crippen LogP contribution in [0.5, 0.6) is 0 Å². The Labute approximate surface area is 161 Å². The maximum atomic E-state index is 13.1. The number of ether oxygens (including phenoxy) is 1. The van der Waals surface area contributed by atoms with Crippen molar-refractivity contribution in [2.75, 3.05) is 0 Å². The maximum Gasteiger partial charge on any atom is 0.357 e. The van der Waals surface area contributed by atoms with Crippen molar-refractivity contribution in [2.45, 2.75) is 31.8 Å².